The molecule has 1 fully saturated rings. The Morgan fingerprint density at radius 1 is 0.951 bits per heavy atom. The van der Waals surface area contributed by atoms with Gasteiger partial charge >= 0.3 is 6.09 Å². The first kappa shape index (κ1) is 27.4. The molecule has 1 unspecified atom stereocenters. The van der Waals surface area contributed by atoms with Crippen molar-refractivity contribution in [2.75, 3.05) is 25.0 Å². The average molecular weight is 558 g/mol. The Hall–Kier alpha value is -5.19. The fourth-order valence-corrected chi connectivity index (χ4v) is 4.40. The largest absolute Gasteiger partial charge is 0.457 e. The second kappa shape index (κ2) is 12.8. The zero-order valence-electron chi connectivity index (χ0n) is 22.0. The number of halogens is 1. The molecule has 41 heavy (non-hydrogen) atoms. The third kappa shape index (κ3) is 7.27. The number of benzene rings is 3. The number of anilines is 1. The standard InChI is InChI=1S/C30H28FN5O5/c31-22-6-10-25(11-7-22)41-26-12-8-23(9-13-26)34-29(38)27-18-35(30(39)40-19-21-4-2-1-3-5-21)14-15-36(27)28(37)16-24-17-32-20-33-24/h1-13,17,20,27H,14-16,18-19H2,(H,32,33)(H,34,38). The van der Waals surface area contributed by atoms with Crippen LogP contribution in [0.1, 0.15) is 11.3 Å². The monoisotopic (exact) mass is 557 g/mol. The Kier molecular flexibility index (Phi) is 8.53. The predicted molar refractivity (Wildman–Crippen MR) is 148 cm³/mol. The maximum Gasteiger partial charge on any atom is 0.410 e. The summed E-state index contributed by atoms with van der Waals surface area (Å²) in [4.78, 5) is 49.3. The van der Waals surface area contributed by atoms with Gasteiger partial charge < -0.3 is 29.6 Å². The summed E-state index contributed by atoms with van der Waals surface area (Å²) in [6, 6.07) is 20.6. The number of hydrogen-bond donors (Lipinski definition) is 2. The van der Waals surface area contributed by atoms with Gasteiger partial charge in [-0.05, 0) is 54.1 Å². The molecule has 5 rings (SSSR count). The van der Waals surface area contributed by atoms with Crippen LogP contribution in [0.25, 0.3) is 0 Å². The van der Waals surface area contributed by atoms with Crippen LogP contribution in [0.2, 0.25) is 0 Å². The van der Waals surface area contributed by atoms with E-state index in [-0.39, 0.29) is 44.4 Å². The van der Waals surface area contributed by atoms with Crippen molar-refractivity contribution in [3.8, 4) is 11.5 Å². The zero-order chi connectivity index (χ0) is 28.6. The maximum absolute atomic E-state index is 13.5. The van der Waals surface area contributed by atoms with Crippen molar-refractivity contribution >= 4 is 23.6 Å². The molecule has 1 saturated heterocycles. The smallest absolute Gasteiger partial charge is 0.410 e. The number of carbonyl (C=O) groups is 3. The van der Waals surface area contributed by atoms with Gasteiger partial charge in [-0.2, -0.15) is 0 Å². The van der Waals surface area contributed by atoms with E-state index in [0.717, 1.165) is 5.56 Å². The molecule has 3 aromatic carbocycles. The van der Waals surface area contributed by atoms with Crippen LogP contribution >= 0.6 is 0 Å². The van der Waals surface area contributed by atoms with Crippen molar-refractivity contribution in [2.45, 2.75) is 19.1 Å². The van der Waals surface area contributed by atoms with Gasteiger partial charge in [0.15, 0.2) is 0 Å². The van der Waals surface area contributed by atoms with Crippen LogP contribution in [0.3, 0.4) is 0 Å². The fraction of sp³-hybridized carbons (Fsp3) is 0.200. The summed E-state index contributed by atoms with van der Waals surface area (Å²) in [5, 5.41) is 2.83. The summed E-state index contributed by atoms with van der Waals surface area (Å²) in [5.41, 5.74) is 1.94. The van der Waals surface area contributed by atoms with Crippen LogP contribution in [-0.2, 0) is 27.4 Å². The van der Waals surface area contributed by atoms with Gasteiger partial charge in [-0.3, -0.25) is 9.59 Å². The minimum Gasteiger partial charge on any atom is -0.457 e. The highest BCUT2D eigenvalue weighted by Gasteiger charge is 2.37. The Balaban J connectivity index is 1.25. The van der Waals surface area contributed by atoms with Crippen molar-refractivity contribution in [3.05, 3.63) is 108 Å². The number of amides is 3. The average Bonchev–Trinajstić information content (AvgIpc) is 3.51. The third-order valence-electron chi connectivity index (χ3n) is 6.53. The molecule has 1 aromatic heterocycles. The molecule has 0 aliphatic carbocycles. The molecule has 2 heterocycles. The molecule has 1 aliphatic heterocycles. The van der Waals surface area contributed by atoms with Crippen molar-refractivity contribution < 1.29 is 28.2 Å². The number of aromatic nitrogens is 2. The molecule has 4 aromatic rings. The van der Waals surface area contributed by atoms with E-state index in [1.807, 2.05) is 30.3 Å². The van der Waals surface area contributed by atoms with E-state index in [4.69, 9.17) is 9.47 Å². The van der Waals surface area contributed by atoms with Gasteiger partial charge in [0.25, 0.3) is 0 Å². The van der Waals surface area contributed by atoms with Crippen molar-refractivity contribution in [1.82, 2.24) is 19.8 Å². The first-order chi connectivity index (χ1) is 19.9. The van der Waals surface area contributed by atoms with E-state index in [0.29, 0.717) is 22.9 Å². The molecular weight excluding hydrogens is 529 g/mol. The van der Waals surface area contributed by atoms with E-state index in [9.17, 15) is 18.8 Å². The molecule has 3 amide bonds. The van der Waals surface area contributed by atoms with E-state index in [2.05, 4.69) is 15.3 Å². The normalized spacial score (nSPS) is 14.8. The SMILES string of the molecule is O=C(Nc1ccc(Oc2ccc(F)cc2)cc1)C1CN(C(=O)OCc2ccccc2)CCN1C(=O)Cc1cnc[nH]1. The summed E-state index contributed by atoms with van der Waals surface area (Å²) in [6.07, 6.45) is 2.52. The minimum atomic E-state index is -0.946. The molecule has 0 bridgehead atoms. The Bertz CT molecular complexity index is 1460. The first-order valence-electron chi connectivity index (χ1n) is 13.0. The zero-order valence-corrected chi connectivity index (χ0v) is 22.0. The lowest BCUT2D eigenvalue weighted by Crippen LogP contribution is -2.60. The highest BCUT2D eigenvalue weighted by atomic mass is 19.1. The molecule has 11 heteroatoms. The van der Waals surface area contributed by atoms with Crippen molar-refractivity contribution in [1.29, 1.82) is 0 Å². The minimum absolute atomic E-state index is 0.0278. The van der Waals surface area contributed by atoms with Gasteiger partial charge in [-0.25, -0.2) is 14.2 Å². The van der Waals surface area contributed by atoms with Gasteiger partial charge in [-0.15, -0.1) is 0 Å². The lowest BCUT2D eigenvalue weighted by molar-refractivity contribution is -0.141. The van der Waals surface area contributed by atoms with E-state index < -0.39 is 18.0 Å². The number of carbonyl (C=O) groups excluding carboxylic acids is 3. The summed E-state index contributed by atoms with van der Waals surface area (Å²) in [6.45, 7) is 0.458. The number of hydrogen-bond acceptors (Lipinski definition) is 6. The predicted octanol–water partition coefficient (Wildman–Crippen LogP) is 4.37. The molecule has 210 valence electrons. The number of ether oxygens (including phenoxy) is 2. The van der Waals surface area contributed by atoms with Crippen molar-refractivity contribution in [2.24, 2.45) is 0 Å². The van der Waals surface area contributed by atoms with Crippen LogP contribution in [0.4, 0.5) is 14.9 Å². The molecule has 1 atom stereocenters. The van der Waals surface area contributed by atoms with Crippen LogP contribution in [0.5, 0.6) is 11.5 Å². The summed E-state index contributed by atoms with van der Waals surface area (Å²) >= 11 is 0. The molecule has 1 aliphatic rings. The summed E-state index contributed by atoms with van der Waals surface area (Å²) in [5.74, 6) is -0.115. The Morgan fingerprint density at radius 3 is 2.34 bits per heavy atom. The van der Waals surface area contributed by atoms with Gasteiger partial charge in [-0.1, -0.05) is 30.3 Å². The van der Waals surface area contributed by atoms with E-state index in [1.54, 1.807) is 30.5 Å². The lowest BCUT2D eigenvalue weighted by atomic mass is 10.1. The number of aromatic amines is 1. The van der Waals surface area contributed by atoms with E-state index >= 15 is 0 Å². The number of nitrogens with one attached hydrogen (secondary N) is 2. The highest BCUT2D eigenvalue weighted by molar-refractivity contribution is 5.98. The summed E-state index contributed by atoms with van der Waals surface area (Å²) < 4.78 is 24.3. The number of nitrogens with zero attached hydrogens (tertiary/aromatic N) is 3. The third-order valence-corrected chi connectivity index (χ3v) is 6.53. The van der Waals surface area contributed by atoms with Gasteiger partial charge in [0.1, 0.15) is 30.0 Å². The first-order valence-corrected chi connectivity index (χ1v) is 13.0. The van der Waals surface area contributed by atoms with Crippen LogP contribution < -0.4 is 10.1 Å². The number of imidazole rings is 1. The molecular formula is C30H28FN5O5. The molecule has 0 saturated carbocycles. The quantitative estimate of drug-likeness (QED) is 0.332. The topological polar surface area (TPSA) is 117 Å². The van der Waals surface area contributed by atoms with Gasteiger partial charge in [0.2, 0.25) is 11.8 Å². The second-order valence-corrected chi connectivity index (χ2v) is 9.41. The molecule has 2 N–H and O–H groups in total. The Labute approximate surface area is 235 Å². The van der Waals surface area contributed by atoms with Gasteiger partial charge in [0, 0.05) is 30.7 Å². The number of rotatable bonds is 8. The molecule has 0 radical (unpaired) electrons. The lowest BCUT2D eigenvalue weighted by Gasteiger charge is -2.40. The van der Waals surface area contributed by atoms with E-state index in [1.165, 1.54) is 40.4 Å². The second-order valence-electron chi connectivity index (χ2n) is 9.41. The van der Waals surface area contributed by atoms with Crippen molar-refractivity contribution in [3.63, 3.8) is 0 Å². The van der Waals surface area contributed by atoms with Crippen LogP contribution in [-0.4, -0.2) is 63.4 Å². The Morgan fingerprint density at radius 2 is 1.66 bits per heavy atom. The number of piperazine rings is 1. The molecule has 0 spiro atoms. The maximum atomic E-state index is 13.5. The van der Waals surface area contributed by atoms with Crippen LogP contribution in [0.15, 0.2) is 91.4 Å². The highest BCUT2D eigenvalue weighted by Crippen LogP contribution is 2.24. The molecule has 10 nitrogen and oxygen atoms in total. The summed E-state index contributed by atoms with van der Waals surface area (Å²) in [7, 11) is 0. The fourth-order valence-electron chi connectivity index (χ4n) is 4.40. The number of H-pyrrole nitrogens is 1. The van der Waals surface area contributed by atoms with Crippen LogP contribution in [0, 0.1) is 5.82 Å². The van der Waals surface area contributed by atoms with Gasteiger partial charge in [0.05, 0.1) is 19.3 Å².